The first-order chi connectivity index (χ1) is 23.3. The summed E-state index contributed by atoms with van der Waals surface area (Å²) in [4.78, 5) is 7.33. The lowest BCUT2D eigenvalue weighted by atomic mass is 10.0. The minimum Gasteiger partial charge on any atom is -0.311 e. The predicted octanol–water partition coefficient (Wildman–Crippen LogP) is 11.2. The summed E-state index contributed by atoms with van der Waals surface area (Å²) >= 11 is 0. The first-order valence-electron chi connectivity index (χ1n) is 15.9. The van der Waals surface area contributed by atoms with Crippen molar-refractivity contribution in [1.82, 2.24) is 14.0 Å². The smallest absolute Gasteiger partial charge is 0.220 e. The highest BCUT2D eigenvalue weighted by Gasteiger charge is 2.17. The first-order valence-corrected chi connectivity index (χ1v) is 15.9. The van der Waals surface area contributed by atoms with Crippen LogP contribution in [0.1, 0.15) is 0 Å². The van der Waals surface area contributed by atoms with Crippen molar-refractivity contribution in [2.24, 2.45) is 0 Å². The van der Waals surface area contributed by atoms with E-state index in [-0.39, 0.29) is 0 Å². The molecular weight excluding hydrogens is 573 g/mol. The second kappa shape index (κ2) is 11.2. The number of aromatic nitrogens is 3. The Bertz CT molecular complexity index is 2470. The second-order valence-electron chi connectivity index (χ2n) is 11.7. The molecule has 7 aromatic carbocycles. The summed E-state index contributed by atoms with van der Waals surface area (Å²) in [6, 6.07) is 64.3. The first kappa shape index (κ1) is 27.0. The Labute approximate surface area is 273 Å². The van der Waals surface area contributed by atoms with Crippen molar-refractivity contribution in [3.63, 3.8) is 0 Å². The lowest BCUT2D eigenvalue weighted by molar-refractivity contribution is 1.11. The van der Waals surface area contributed by atoms with E-state index in [0.29, 0.717) is 0 Å². The zero-order valence-electron chi connectivity index (χ0n) is 25.6. The summed E-state index contributed by atoms with van der Waals surface area (Å²) in [5, 5.41) is 0. The second-order valence-corrected chi connectivity index (χ2v) is 11.7. The summed E-state index contributed by atoms with van der Waals surface area (Å²) < 4.78 is 4.51. The van der Waals surface area contributed by atoms with Crippen LogP contribution in [0.5, 0.6) is 0 Å². The van der Waals surface area contributed by atoms with Gasteiger partial charge in [0.05, 0.1) is 22.1 Å². The quantitative estimate of drug-likeness (QED) is 0.189. The monoisotopic (exact) mass is 602 g/mol. The fourth-order valence-corrected chi connectivity index (χ4v) is 6.67. The topological polar surface area (TPSA) is 25.5 Å². The van der Waals surface area contributed by atoms with E-state index in [4.69, 9.17) is 4.98 Å². The van der Waals surface area contributed by atoms with Crippen LogP contribution < -0.4 is 4.90 Å². The number of nitrogens with zero attached hydrogens (tertiary/aromatic N) is 4. The number of anilines is 3. The zero-order valence-corrected chi connectivity index (χ0v) is 25.6. The van der Waals surface area contributed by atoms with E-state index in [1.54, 1.807) is 0 Å². The van der Waals surface area contributed by atoms with Crippen LogP contribution >= 0.6 is 0 Å². The van der Waals surface area contributed by atoms with Crippen LogP contribution in [0, 0.1) is 0 Å². The molecule has 4 nitrogen and oxygen atoms in total. The molecule has 0 bridgehead atoms. The van der Waals surface area contributed by atoms with Crippen LogP contribution in [0.4, 0.5) is 17.1 Å². The third-order valence-electron chi connectivity index (χ3n) is 8.94. The largest absolute Gasteiger partial charge is 0.311 e. The lowest BCUT2D eigenvalue weighted by Gasteiger charge is -2.26. The SMILES string of the molecule is c1ccc(-c2ccc(N(c3ccccc3)c3ccc(-c4ccc(-n5c6ccccc6n6c7ccccc7nc56)cc4)cc3)cc2)cc1. The molecule has 2 heterocycles. The van der Waals surface area contributed by atoms with E-state index in [1.165, 1.54) is 22.3 Å². The van der Waals surface area contributed by atoms with E-state index in [9.17, 15) is 0 Å². The third-order valence-corrected chi connectivity index (χ3v) is 8.94. The number of fused-ring (bicyclic) bond motifs is 5. The Morgan fingerprint density at radius 2 is 0.809 bits per heavy atom. The molecule has 0 amide bonds. The maximum atomic E-state index is 5.03. The van der Waals surface area contributed by atoms with Gasteiger partial charge in [0.1, 0.15) is 0 Å². The van der Waals surface area contributed by atoms with Crippen LogP contribution in [0.3, 0.4) is 0 Å². The van der Waals surface area contributed by atoms with E-state index < -0.39 is 0 Å². The fraction of sp³-hybridized carbons (Fsp3) is 0. The van der Waals surface area contributed by atoms with Gasteiger partial charge in [-0.05, 0) is 95.1 Å². The molecule has 9 rings (SSSR count). The van der Waals surface area contributed by atoms with Gasteiger partial charge in [-0.15, -0.1) is 0 Å². The Hall–Kier alpha value is -6.39. The van der Waals surface area contributed by atoms with Crippen molar-refractivity contribution < 1.29 is 0 Å². The molecule has 9 aromatic rings. The van der Waals surface area contributed by atoms with Crippen LogP contribution in [-0.4, -0.2) is 14.0 Å². The van der Waals surface area contributed by atoms with Crippen molar-refractivity contribution in [2.45, 2.75) is 0 Å². The summed E-state index contributed by atoms with van der Waals surface area (Å²) in [5.41, 5.74) is 13.6. The average molecular weight is 603 g/mol. The molecule has 0 aliphatic rings. The van der Waals surface area contributed by atoms with Crippen LogP contribution in [0.15, 0.2) is 182 Å². The van der Waals surface area contributed by atoms with Crippen molar-refractivity contribution in [3.05, 3.63) is 182 Å². The van der Waals surface area contributed by atoms with Crippen LogP contribution in [0.25, 0.3) is 55.8 Å². The van der Waals surface area contributed by atoms with Gasteiger partial charge >= 0.3 is 0 Å². The molecular formula is C43H30N4. The normalized spacial score (nSPS) is 11.4. The molecule has 0 saturated heterocycles. The number of hydrogen-bond acceptors (Lipinski definition) is 2. The number of rotatable bonds is 6. The van der Waals surface area contributed by atoms with Gasteiger partial charge in [-0.25, -0.2) is 4.98 Å². The Morgan fingerprint density at radius 1 is 0.362 bits per heavy atom. The highest BCUT2D eigenvalue weighted by molar-refractivity contribution is 5.92. The van der Waals surface area contributed by atoms with Crippen molar-refractivity contribution in [1.29, 1.82) is 0 Å². The molecule has 0 N–H and O–H groups in total. The van der Waals surface area contributed by atoms with Gasteiger partial charge < -0.3 is 4.90 Å². The van der Waals surface area contributed by atoms with Gasteiger partial charge in [-0.2, -0.15) is 0 Å². The lowest BCUT2D eigenvalue weighted by Crippen LogP contribution is -2.09. The number of hydrogen-bond donors (Lipinski definition) is 0. The summed E-state index contributed by atoms with van der Waals surface area (Å²) in [5.74, 6) is 0.919. The molecule has 222 valence electrons. The molecule has 2 aromatic heterocycles. The van der Waals surface area contributed by atoms with Gasteiger partial charge in [0.2, 0.25) is 5.78 Å². The number of benzene rings is 7. The van der Waals surface area contributed by atoms with E-state index in [0.717, 1.165) is 50.6 Å². The number of imidazole rings is 2. The molecule has 0 saturated carbocycles. The Kier molecular flexibility index (Phi) is 6.43. The number of para-hydroxylation sites is 5. The average Bonchev–Trinajstić information content (AvgIpc) is 3.68. The van der Waals surface area contributed by atoms with Crippen molar-refractivity contribution in [2.75, 3.05) is 4.90 Å². The Morgan fingerprint density at radius 3 is 1.43 bits per heavy atom. The molecule has 0 unspecified atom stereocenters. The van der Waals surface area contributed by atoms with E-state index in [2.05, 4.69) is 190 Å². The molecule has 0 fully saturated rings. The van der Waals surface area contributed by atoms with E-state index >= 15 is 0 Å². The van der Waals surface area contributed by atoms with Crippen molar-refractivity contribution in [3.8, 4) is 27.9 Å². The minimum atomic E-state index is 0.919. The van der Waals surface area contributed by atoms with Crippen LogP contribution in [-0.2, 0) is 0 Å². The molecule has 47 heavy (non-hydrogen) atoms. The highest BCUT2D eigenvalue weighted by atomic mass is 15.2. The zero-order chi connectivity index (χ0) is 31.2. The standard InChI is InChI=1S/C43H30N4/c1-3-11-31(12-4-1)32-19-25-36(26-20-32)45(35-13-5-2-6-14-35)37-27-21-33(22-28-37)34-23-29-38(30-24-34)46-41-17-9-10-18-42(41)47-40-16-8-7-15-39(40)44-43(46)47/h1-30H. The van der Waals surface area contributed by atoms with Gasteiger partial charge in [0, 0.05) is 22.7 Å². The molecule has 0 spiro atoms. The minimum absolute atomic E-state index is 0.919. The maximum Gasteiger partial charge on any atom is 0.220 e. The van der Waals surface area contributed by atoms with Crippen LogP contribution in [0.2, 0.25) is 0 Å². The predicted molar refractivity (Wildman–Crippen MR) is 195 cm³/mol. The maximum absolute atomic E-state index is 5.03. The summed E-state index contributed by atoms with van der Waals surface area (Å²) in [6.07, 6.45) is 0. The third kappa shape index (κ3) is 4.66. The van der Waals surface area contributed by atoms with Gasteiger partial charge in [-0.3, -0.25) is 8.97 Å². The van der Waals surface area contributed by atoms with E-state index in [1.807, 2.05) is 6.07 Å². The highest BCUT2D eigenvalue weighted by Crippen LogP contribution is 2.37. The molecule has 0 aliphatic carbocycles. The van der Waals surface area contributed by atoms with Crippen molar-refractivity contribution >= 4 is 44.9 Å². The summed E-state index contributed by atoms with van der Waals surface area (Å²) in [6.45, 7) is 0. The fourth-order valence-electron chi connectivity index (χ4n) is 6.67. The Balaban J connectivity index is 1.06. The molecule has 0 radical (unpaired) electrons. The summed E-state index contributed by atoms with van der Waals surface area (Å²) in [7, 11) is 0. The molecule has 0 atom stereocenters. The van der Waals surface area contributed by atoms with Gasteiger partial charge in [-0.1, -0.05) is 109 Å². The van der Waals surface area contributed by atoms with Gasteiger partial charge in [0.25, 0.3) is 0 Å². The molecule has 4 heteroatoms. The van der Waals surface area contributed by atoms with Gasteiger partial charge in [0.15, 0.2) is 0 Å². The molecule has 0 aliphatic heterocycles.